The van der Waals surface area contributed by atoms with Crippen LogP contribution in [0.3, 0.4) is 0 Å². The van der Waals surface area contributed by atoms with Crippen molar-refractivity contribution in [3.63, 3.8) is 0 Å². The van der Waals surface area contributed by atoms with Crippen molar-refractivity contribution in [2.75, 3.05) is 16.2 Å². The van der Waals surface area contributed by atoms with E-state index < -0.39 is 10.0 Å². The van der Waals surface area contributed by atoms with Crippen LogP contribution in [0.5, 0.6) is 0 Å². The fraction of sp³-hybridized carbons (Fsp3) is 0.316. The maximum Gasteiger partial charge on any atom is 0.262 e. The first-order chi connectivity index (χ1) is 12.3. The van der Waals surface area contributed by atoms with E-state index in [1.807, 2.05) is 32.0 Å². The van der Waals surface area contributed by atoms with Crippen LogP contribution < -0.4 is 9.62 Å². The SMILES string of the molecule is Cc1ccc(NS(=O)(=O)c2ccc3c4c2CC(=O)N4C[C@H](C)S3)cc1C. The third-order valence-electron chi connectivity index (χ3n) is 4.92. The van der Waals surface area contributed by atoms with Gasteiger partial charge < -0.3 is 4.90 Å². The summed E-state index contributed by atoms with van der Waals surface area (Å²) >= 11 is 1.69. The zero-order chi connectivity index (χ0) is 18.6. The Hall–Kier alpha value is -1.99. The minimum absolute atomic E-state index is 0.0257. The Labute approximate surface area is 157 Å². The average molecular weight is 389 g/mol. The average Bonchev–Trinajstić information content (AvgIpc) is 2.88. The molecule has 1 atom stereocenters. The van der Waals surface area contributed by atoms with Crippen molar-refractivity contribution in [2.24, 2.45) is 0 Å². The molecule has 0 unspecified atom stereocenters. The second-order valence-corrected chi connectivity index (χ2v) is 10.0. The summed E-state index contributed by atoms with van der Waals surface area (Å²) in [6.45, 7) is 6.62. The number of carbonyl (C=O) groups is 1. The van der Waals surface area contributed by atoms with E-state index in [0.717, 1.165) is 21.7 Å². The molecule has 0 spiro atoms. The molecule has 0 aromatic heterocycles. The van der Waals surface area contributed by atoms with E-state index in [1.165, 1.54) is 0 Å². The van der Waals surface area contributed by atoms with Gasteiger partial charge in [0.05, 0.1) is 17.0 Å². The molecule has 2 aliphatic rings. The number of benzene rings is 2. The van der Waals surface area contributed by atoms with Crippen LogP contribution in [-0.4, -0.2) is 26.1 Å². The predicted molar refractivity (Wildman–Crippen MR) is 105 cm³/mol. The molecule has 4 rings (SSSR count). The van der Waals surface area contributed by atoms with Crippen molar-refractivity contribution in [2.45, 2.75) is 42.2 Å². The number of sulfonamides is 1. The molecule has 2 aliphatic heterocycles. The van der Waals surface area contributed by atoms with Crippen molar-refractivity contribution < 1.29 is 13.2 Å². The van der Waals surface area contributed by atoms with Gasteiger partial charge in [0.2, 0.25) is 5.91 Å². The zero-order valence-electron chi connectivity index (χ0n) is 14.9. The smallest absolute Gasteiger partial charge is 0.262 e. The van der Waals surface area contributed by atoms with E-state index in [2.05, 4.69) is 11.6 Å². The molecule has 2 aromatic rings. The number of aryl methyl sites for hydroxylation is 2. The van der Waals surface area contributed by atoms with Gasteiger partial charge in [-0.1, -0.05) is 13.0 Å². The van der Waals surface area contributed by atoms with E-state index in [0.29, 0.717) is 23.0 Å². The molecular formula is C19H20N2O3S2. The van der Waals surface area contributed by atoms with Gasteiger partial charge in [-0.2, -0.15) is 0 Å². The van der Waals surface area contributed by atoms with Gasteiger partial charge in [0, 0.05) is 27.9 Å². The summed E-state index contributed by atoms with van der Waals surface area (Å²) in [6, 6.07) is 8.91. The molecule has 1 N–H and O–H groups in total. The first kappa shape index (κ1) is 17.4. The van der Waals surface area contributed by atoms with Gasteiger partial charge in [0.15, 0.2) is 0 Å². The summed E-state index contributed by atoms with van der Waals surface area (Å²) in [5.74, 6) is -0.0257. The molecule has 7 heteroatoms. The largest absolute Gasteiger partial charge is 0.310 e. The van der Waals surface area contributed by atoms with Gasteiger partial charge in [0.25, 0.3) is 10.0 Å². The topological polar surface area (TPSA) is 66.5 Å². The second-order valence-electron chi connectivity index (χ2n) is 6.90. The van der Waals surface area contributed by atoms with E-state index in [9.17, 15) is 13.2 Å². The quantitative estimate of drug-likeness (QED) is 0.874. The number of nitrogens with one attached hydrogen (secondary N) is 1. The summed E-state index contributed by atoms with van der Waals surface area (Å²) in [6.07, 6.45) is 0.139. The molecule has 0 aliphatic carbocycles. The van der Waals surface area contributed by atoms with Crippen LogP contribution in [0.25, 0.3) is 0 Å². The highest BCUT2D eigenvalue weighted by molar-refractivity contribution is 8.00. The van der Waals surface area contributed by atoms with Crippen molar-refractivity contribution in [1.29, 1.82) is 0 Å². The van der Waals surface area contributed by atoms with Crippen molar-refractivity contribution in [3.05, 3.63) is 47.0 Å². The normalized spacial score (nSPS) is 18.8. The standard InChI is InChI=1S/C19H20N2O3S2/c1-11-4-5-14(8-12(11)2)20-26(23,24)17-7-6-16-19-15(17)9-18(22)21(19)10-13(3)25-16/h4-8,13,20H,9-10H2,1-3H3/t13-/m0/s1. The van der Waals surface area contributed by atoms with Gasteiger partial charge >= 0.3 is 0 Å². The first-order valence-electron chi connectivity index (χ1n) is 8.49. The Balaban J connectivity index is 1.77. The fourth-order valence-corrected chi connectivity index (χ4v) is 5.94. The van der Waals surface area contributed by atoms with Gasteiger partial charge in [-0.25, -0.2) is 8.42 Å². The molecule has 1 amide bonds. The van der Waals surface area contributed by atoms with Gasteiger partial charge in [-0.05, 0) is 49.2 Å². The van der Waals surface area contributed by atoms with Crippen LogP contribution in [0.4, 0.5) is 11.4 Å². The van der Waals surface area contributed by atoms with E-state index in [-0.39, 0.29) is 17.2 Å². The Morgan fingerprint density at radius 2 is 1.92 bits per heavy atom. The molecule has 2 heterocycles. The Kier molecular flexibility index (Phi) is 4.04. The molecule has 0 saturated heterocycles. The third-order valence-corrected chi connectivity index (χ3v) is 7.52. The lowest BCUT2D eigenvalue weighted by Gasteiger charge is -2.29. The number of carbonyl (C=O) groups excluding carboxylic acids is 1. The molecule has 0 radical (unpaired) electrons. The number of hydrogen-bond acceptors (Lipinski definition) is 4. The van der Waals surface area contributed by atoms with E-state index in [4.69, 9.17) is 0 Å². The summed E-state index contributed by atoms with van der Waals surface area (Å²) in [7, 11) is -3.77. The lowest BCUT2D eigenvalue weighted by molar-refractivity contribution is -0.117. The number of rotatable bonds is 3. The molecule has 0 bridgehead atoms. The number of nitrogens with zero attached hydrogens (tertiary/aromatic N) is 1. The molecule has 0 fully saturated rings. The fourth-order valence-electron chi connectivity index (χ4n) is 3.50. The first-order valence-corrected chi connectivity index (χ1v) is 10.9. The summed E-state index contributed by atoms with van der Waals surface area (Å²) < 4.78 is 28.7. The zero-order valence-corrected chi connectivity index (χ0v) is 16.5. The van der Waals surface area contributed by atoms with Gasteiger partial charge in [-0.3, -0.25) is 9.52 Å². The molecule has 2 aromatic carbocycles. The van der Waals surface area contributed by atoms with Crippen molar-refractivity contribution in [3.8, 4) is 0 Å². The van der Waals surface area contributed by atoms with Crippen LogP contribution in [0.15, 0.2) is 40.1 Å². The molecule has 136 valence electrons. The van der Waals surface area contributed by atoms with Crippen LogP contribution >= 0.6 is 11.8 Å². The number of amides is 1. The summed E-state index contributed by atoms with van der Waals surface area (Å²) in [4.78, 5) is 15.3. The Bertz CT molecular complexity index is 1030. The van der Waals surface area contributed by atoms with Crippen LogP contribution in [0.2, 0.25) is 0 Å². The minimum atomic E-state index is -3.77. The maximum absolute atomic E-state index is 13.0. The van der Waals surface area contributed by atoms with E-state index in [1.54, 1.807) is 28.8 Å². The van der Waals surface area contributed by atoms with Gasteiger partial charge in [-0.15, -0.1) is 11.8 Å². The second kappa shape index (κ2) is 6.03. The highest BCUT2D eigenvalue weighted by Gasteiger charge is 2.38. The number of hydrogen-bond donors (Lipinski definition) is 1. The minimum Gasteiger partial charge on any atom is -0.310 e. The highest BCUT2D eigenvalue weighted by atomic mass is 32.2. The Morgan fingerprint density at radius 1 is 1.15 bits per heavy atom. The number of thioether (sulfide) groups is 1. The van der Waals surface area contributed by atoms with Crippen molar-refractivity contribution >= 4 is 39.1 Å². The molecule has 0 saturated carbocycles. The maximum atomic E-state index is 13.0. The summed E-state index contributed by atoms with van der Waals surface area (Å²) in [5, 5.41) is 0.300. The lowest BCUT2D eigenvalue weighted by Crippen LogP contribution is -2.35. The lowest BCUT2D eigenvalue weighted by atomic mass is 10.1. The molecule has 26 heavy (non-hydrogen) atoms. The monoisotopic (exact) mass is 388 g/mol. The third kappa shape index (κ3) is 2.79. The van der Waals surface area contributed by atoms with Gasteiger partial charge in [0.1, 0.15) is 0 Å². The Morgan fingerprint density at radius 3 is 2.65 bits per heavy atom. The summed E-state index contributed by atoms with van der Waals surface area (Å²) in [5.41, 5.74) is 4.05. The molecule has 5 nitrogen and oxygen atoms in total. The predicted octanol–water partition coefficient (Wildman–Crippen LogP) is 3.49. The molecular weight excluding hydrogens is 368 g/mol. The van der Waals surface area contributed by atoms with Crippen molar-refractivity contribution in [1.82, 2.24) is 0 Å². The van der Waals surface area contributed by atoms with E-state index >= 15 is 0 Å². The van der Waals surface area contributed by atoms with Crippen LogP contribution in [-0.2, 0) is 21.2 Å². The van der Waals surface area contributed by atoms with Crippen LogP contribution in [0, 0.1) is 13.8 Å². The number of anilines is 2. The highest BCUT2D eigenvalue weighted by Crippen LogP contribution is 2.46. The van der Waals surface area contributed by atoms with Crippen LogP contribution in [0.1, 0.15) is 23.6 Å².